The normalized spacial score (nSPS) is 10.9. The zero-order chi connectivity index (χ0) is 21.4. The van der Waals surface area contributed by atoms with Crippen LogP contribution < -0.4 is 11.5 Å². The number of rotatable bonds is 0. The van der Waals surface area contributed by atoms with Crippen LogP contribution in [0.4, 0.5) is 37.7 Å². The SMILES string of the molecule is FC(F)(F)CC(F)(F)F.Nc1cc(O)ccc1O.Nc1cc(O)ccc1O. The molecule has 0 aromatic heterocycles. The van der Waals surface area contributed by atoms with E-state index in [1.807, 2.05) is 0 Å². The number of benzene rings is 2. The number of hydrogen-bond acceptors (Lipinski definition) is 6. The van der Waals surface area contributed by atoms with Gasteiger partial charge < -0.3 is 31.9 Å². The number of hydrogen-bond donors (Lipinski definition) is 6. The molecule has 0 aliphatic heterocycles. The number of nitrogens with two attached hydrogens (primary N) is 2. The van der Waals surface area contributed by atoms with Crippen LogP contribution in [0.25, 0.3) is 0 Å². The van der Waals surface area contributed by atoms with E-state index in [1.165, 1.54) is 36.4 Å². The van der Waals surface area contributed by atoms with Crippen molar-refractivity contribution in [3.05, 3.63) is 36.4 Å². The zero-order valence-corrected chi connectivity index (χ0v) is 13.4. The first-order valence-electron chi connectivity index (χ1n) is 6.79. The van der Waals surface area contributed by atoms with Crippen LogP contribution >= 0.6 is 0 Å². The molecule has 0 heterocycles. The highest BCUT2D eigenvalue weighted by atomic mass is 19.4. The Bertz CT molecular complexity index is 674. The van der Waals surface area contributed by atoms with Crippen molar-refractivity contribution in [3.63, 3.8) is 0 Å². The fourth-order valence-corrected chi connectivity index (χ4v) is 1.31. The Kier molecular flexibility index (Phi) is 8.38. The summed E-state index contributed by atoms with van der Waals surface area (Å²) in [7, 11) is 0. The molecule has 0 fully saturated rings. The highest BCUT2D eigenvalue weighted by Gasteiger charge is 2.43. The lowest BCUT2D eigenvalue weighted by Gasteiger charge is -2.08. The molecule has 152 valence electrons. The highest BCUT2D eigenvalue weighted by molar-refractivity contribution is 5.55. The van der Waals surface area contributed by atoms with Crippen LogP contribution in [-0.2, 0) is 0 Å². The lowest BCUT2D eigenvalue weighted by molar-refractivity contribution is -0.232. The minimum atomic E-state index is -5.14. The Balaban J connectivity index is 0.000000376. The molecular weight excluding hydrogens is 386 g/mol. The fraction of sp³-hybridized carbons (Fsp3) is 0.200. The number of alkyl halides is 6. The molecule has 0 atom stereocenters. The Morgan fingerprint density at radius 1 is 0.630 bits per heavy atom. The van der Waals surface area contributed by atoms with Gasteiger partial charge in [0.2, 0.25) is 0 Å². The first kappa shape index (κ1) is 23.8. The van der Waals surface area contributed by atoms with E-state index in [9.17, 15) is 26.3 Å². The smallest absolute Gasteiger partial charge is 0.397 e. The minimum Gasteiger partial charge on any atom is -0.508 e. The summed E-state index contributed by atoms with van der Waals surface area (Å²) >= 11 is 0. The summed E-state index contributed by atoms with van der Waals surface area (Å²) in [5, 5.41) is 35.1. The third-order valence-electron chi connectivity index (χ3n) is 2.42. The standard InChI is InChI=1S/2C6H7NO2.C3H2F6/c2*7-5-3-4(8)1-2-6(5)9;4-2(5,6)1-3(7,8)9/h2*1-3,8-9H,7H2;1H2. The quantitative estimate of drug-likeness (QED) is 0.172. The van der Waals surface area contributed by atoms with Crippen molar-refractivity contribution in [1.29, 1.82) is 0 Å². The lowest BCUT2D eigenvalue weighted by Crippen LogP contribution is -2.20. The molecule has 0 unspecified atom stereocenters. The molecule has 6 nitrogen and oxygen atoms in total. The van der Waals surface area contributed by atoms with Crippen LogP contribution in [0.1, 0.15) is 6.42 Å². The molecule has 0 amide bonds. The predicted molar refractivity (Wildman–Crippen MR) is 85.1 cm³/mol. The van der Waals surface area contributed by atoms with E-state index in [4.69, 9.17) is 31.9 Å². The second-order valence-corrected chi connectivity index (χ2v) is 4.89. The minimum absolute atomic E-state index is 0.00667. The summed E-state index contributed by atoms with van der Waals surface area (Å²) in [5.74, 6) is 0.108. The van der Waals surface area contributed by atoms with Gasteiger partial charge in [-0.15, -0.1) is 0 Å². The summed E-state index contributed by atoms with van der Waals surface area (Å²) in [6.45, 7) is 0. The number of anilines is 2. The van der Waals surface area contributed by atoms with Gasteiger partial charge in [-0.05, 0) is 24.3 Å². The number of phenols is 4. The molecule has 0 aliphatic rings. The summed E-state index contributed by atoms with van der Waals surface area (Å²) in [5.41, 5.74) is 10.8. The van der Waals surface area contributed by atoms with Gasteiger partial charge in [0.25, 0.3) is 0 Å². The molecule has 0 radical (unpaired) electrons. The van der Waals surface area contributed by atoms with Crippen molar-refractivity contribution in [2.45, 2.75) is 18.8 Å². The van der Waals surface area contributed by atoms with E-state index in [0.29, 0.717) is 0 Å². The zero-order valence-electron chi connectivity index (χ0n) is 13.4. The van der Waals surface area contributed by atoms with Gasteiger partial charge in [-0.3, -0.25) is 0 Å². The van der Waals surface area contributed by atoms with E-state index in [2.05, 4.69) is 0 Å². The topological polar surface area (TPSA) is 133 Å². The Morgan fingerprint density at radius 2 is 0.926 bits per heavy atom. The highest BCUT2D eigenvalue weighted by Crippen LogP contribution is 2.31. The van der Waals surface area contributed by atoms with Crippen molar-refractivity contribution in [2.24, 2.45) is 0 Å². The molecule has 2 rings (SSSR count). The van der Waals surface area contributed by atoms with Gasteiger partial charge >= 0.3 is 12.4 Å². The van der Waals surface area contributed by atoms with E-state index >= 15 is 0 Å². The van der Waals surface area contributed by atoms with Crippen molar-refractivity contribution < 1.29 is 46.8 Å². The van der Waals surface area contributed by atoms with E-state index in [0.717, 1.165) is 0 Å². The molecule has 12 heteroatoms. The molecule has 8 N–H and O–H groups in total. The van der Waals surface area contributed by atoms with Gasteiger partial charge in [0, 0.05) is 12.1 Å². The first-order valence-corrected chi connectivity index (χ1v) is 6.79. The van der Waals surface area contributed by atoms with Crippen LogP contribution in [-0.4, -0.2) is 32.8 Å². The maximum absolute atomic E-state index is 10.8. The second kappa shape index (κ2) is 9.50. The molecular formula is C15H16F6N2O4. The maximum Gasteiger partial charge on any atom is 0.397 e. The van der Waals surface area contributed by atoms with Crippen molar-refractivity contribution in [1.82, 2.24) is 0 Å². The summed E-state index contributed by atoms with van der Waals surface area (Å²) < 4.78 is 65.0. The van der Waals surface area contributed by atoms with Crippen LogP contribution in [0.5, 0.6) is 23.0 Å². The van der Waals surface area contributed by atoms with Gasteiger partial charge in [0.05, 0.1) is 11.4 Å². The van der Waals surface area contributed by atoms with Crippen molar-refractivity contribution in [2.75, 3.05) is 11.5 Å². The Hall–Kier alpha value is -3.18. The Labute approximate surface area is 148 Å². The van der Waals surface area contributed by atoms with Gasteiger partial charge in [0.1, 0.15) is 29.4 Å². The molecule has 0 bridgehead atoms. The van der Waals surface area contributed by atoms with Crippen LogP contribution in [0.3, 0.4) is 0 Å². The summed E-state index contributed by atoms with van der Waals surface area (Å²) in [6.07, 6.45) is -13.0. The van der Waals surface area contributed by atoms with E-state index < -0.39 is 18.8 Å². The van der Waals surface area contributed by atoms with Crippen molar-refractivity contribution in [3.8, 4) is 23.0 Å². The van der Waals surface area contributed by atoms with Gasteiger partial charge in [-0.1, -0.05) is 0 Å². The predicted octanol–water partition coefficient (Wildman–Crippen LogP) is 3.86. The third kappa shape index (κ3) is 11.9. The molecule has 2 aromatic carbocycles. The molecule has 0 spiro atoms. The molecule has 27 heavy (non-hydrogen) atoms. The van der Waals surface area contributed by atoms with Gasteiger partial charge in [0.15, 0.2) is 0 Å². The first-order chi connectivity index (χ1) is 12.1. The number of nitrogen functional groups attached to an aromatic ring is 2. The monoisotopic (exact) mass is 402 g/mol. The Morgan fingerprint density at radius 3 is 1.07 bits per heavy atom. The largest absolute Gasteiger partial charge is 0.508 e. The van der Waals surface area contributed by atoms with Gasteiger partial charge in [-0.25, -0.2) is 0 Å². The summed E-state index contributed by atoms with van der Waals surface area (Å²) in [4.78, 5) is 0. The fourth-order valence-electron chi connectivity index (χ4n) is 1.31. The number of phenolic OH excluding ortho intramolecular Hbond substituents is 4. The third-order valence-corrected chi connectivity index (χ3v) is 2.42. The maximum atomic E-state index is 10.8. The van der Waals surface area contributed by atoms with Gasteiger partial charge in [-0.2, -0.15) is 26.3 Å². The lowest BCUT2D eigenvalue weighted by atomic mass is 10.3. The number of halogens is 6. The van der Waals surface area contributed by atoms with Crippen LogP contribution in [0.15, 0.2) is 36.4 Å². The number of aromatic hydroxyl groups is 4. The molecule has 2 aromatic rings. The van der Waals surface area contributed by atoms with Crippen LogP contribution in [0.2, 0.25) is 0 Å². The molecule has 0 aliphatic carbocycles. The summed E-state index contributed by atoms with van der Waals surface area (Å²) in [6, 6.07) is 7.98. The van der Waals surface area contributed by atoms with Crippen molar-refractivity contribution >= 4 is 11.4 Å². The van der Waals surface area contributed by atoms with E-state index in [-0.39, 0.29) is 34.4 Å². The molecule has 0 saturated heterocycles. The van der Waals surface area contributed by atoms with Crippen LogP contribution in [0, 0.1) is 0 Å². The second-order valence-electron chi connectivity index (χ2n) is 4.89. The average molecular weight is 402 g/mol. The average Bonchev–Trinajstić information content (AvgIpc) is 2.45. The van der Waals surface area contributed by atoms with E-state index in [1.54, 1.807) is 0 Å². The molecule has 0 saturated carbocycles.